The van der Waals surface area contributed by atoms with E-state index in [9.17, 15) is 15.3 Å². The first-order valence-corrected chi connectivity index (χ1v) is 14.3. The molecule has 0 aromatic heterocycles. The molecule has 4 aliphatic carbocycles. The summed E-state index contributed by atoms with van der Waals surface area (Å²) in [6.45, 7) is 18.4. The molecule has 1 saturated heterocycles. The van der Waals surface area contributed by atoms with Crippen LogP contribution < -0.4 is 0 Å². The minimum absolute atomic E-state index is 0. The van der Waals surface area contributed by atoms with Crippen LogP contribution in [0.25, 0.3) is 0 Å². The molecule has 1 heterocycles. The molecule has 0 radical (unpaired) electrons. The molecule has 4 saturated carbocycles. The highest BCUT2D eigenvalue weighted by Crippen LogP contribution is 2.76. The van der Waals surface area contributed by atoms with Gasteiger partial charge in [0.2, 0.25) is 0 Å². The number of aliphatic hydroxyl groups is 3. The maximum atomic E-state index is 11.9. The molecule has 204 valence electrons. The van der Waals surface area contributed by atoms with Crippen molar-refractivity contribution in [2.75, 3.05) is 0 Å². The van der Waals surface area contributed by atoms with Crippen LogP contribution in [-0.2, 0) is 4.74 Å². The lowest BCUT2D eigenvalue weighted by atomic mass is 9.34. The summed E-state index contributed by atoms with van der Waals surface area (Å²) in [5.74, 6) is 0.984. The Balaban J connectivity index is 0.00000289. The number of hydrogen-bond acceptors (Lipinski definition) is 4. The van der Waals surface area contributed by atoms with Crippen LogP contribution in [0.4, 0.5) is 0 Å². The quantitative estimate of drug-likeness (QED) is 0.483. The van der Waals surface area contributed by atoms with E-state index in [1.165, 1.54) is 6.42 Å². The van der Waals surface area contributed by atoms with Gasteiger partial charge in [0.25, 0.3) is 0 Å². The lowest BCUT2D eigenvalue weighted by Gasteiger charge is -2.71. The number of fused-ring (bicyclic) bond motifs is 5. The molecule has 0 bridgehead atoms. The standard InChI is InChI=1S/C30H52O4.H2O/c1-25(2)12-9-13-30(8,34-25)18-10-15-28(6)23(18)19(31)16-21-27(5)14-11-22(33)26(3,4)24(27)20(32)17-29(21,28)7;/h18-24,31-33H,9-17H2,1-8H3;1H2/t18-,19+,20-,21+,22-,23-,24-,27+,28+,29+,30-;/m0./s1. The summed E-state index contributed by atoms with van der Waals surface area (Å²) >= 11 is 0. The molecular formula is C30H54O5. The third-order valence-electron chi connectivity index (χ3n) is 13.0. The lowest BCUT2D eigenvalue weighted by molar-refractivity contribution is -0.279. The van der Waals surface area contributed by atoms with Gasteiger partial charge in [-0.2, -0.15) is 0 Å². The van der Waals surface area contributed by atoms with Crippen molar-refractivity contribution >= 4 is 0 Å². The molecule has 0 aromatic rings. The van der Waals surface area contributed by atoms with E-state index < -0.39 is 6.10 Å². The summed E-state index contributed by atoms with van der Waals surface area (Å²) in [6.07, 6.45) is 7.79. The zero-order chi connectivity index (χ0) is 25.1. The molecule has 5 rings (SSSR count). The first-order valence-electron chi connectivity index (χ1n) is 14.3. The van der Waals surface area contributed by atoms with Gasteiger partial charge in [-0.3, -0.25) is 0 Å². The van der Waals surface area contributed by atoms with Gasteiger partial charge in [-0.15, -0.1) is 0 Å². The summed E-state index contributed by atoms with van der Waals surface area (Å²) in [6, 6.07) is 0. The molecule has 35 heavy (non-hydrogen) atoms. The van der Waals surface area contributed by atoms with E-state index in [-0.39, 0.29) is 62.4 Å². The first-order chi connectivity index (χ1) is 15.5. The van der Waals surface area contributed by atoms with E-state index in [1.54, 1.807) is 0 Å². The van der Waals surface area contributed by atoms with Crippen LogP contribution in [0.15, 0.2) is 0 Å². The van der Waals surface area contributed by atoms with Gasteiger partial charge in [-0.25, -0.2) is 0 Å². The number of hydrogen-bond donors (Lipinski definition) is 3. The number of rotatable bonds is 1. The van der Waals surface area contributed by atoms with Crippen molar-refractivity contribution in [3.05, 3.63) is 0 Å². The molecule has 0 aromatic carbocycles. The summed E-state index contributed by atoms with van der Waals surface area (Å²) in [5.41, 5.74) is -0.739. The highest BCUT2D eigenvalue weighted by molar-refractivity contribution is 5.21. The van der Waals surface area contributed by atoms with E-state index in [0.717, 1.165) is 51.4 Å². The molecule has 11 atom stereocenters. The predicted octanol–water partition coefficient (Wildman–Crippen LogP) is 4.89. The number of aliphatic hydroxyl groups excluding tert-OH is 3. The number of ether oxygens (including phenoxy) is 1. The Labute approximate surface area is 213 Å². The average Bonchev–Trinajstić information content (AvgIpc) is 3.07. The fourth-order valence-corrected chi connectivity index (χ4v) is 11.5. The van der Waals surface area contributed by atoms with Gasteiger partial charge in [0.1, 0.15) is 0 Å². The molecule has 5 fully saturated rings. The second-order valence-corrected chi connectivity index (χ2v) is 15.5. The Morgan fingerprint density at radius 1 is 0.743 bits per heavy atom. The smallest absolute Gasteiger partial charge is 0.0693 e. The monoisotopic (exact) mass is 494 g/mol. The Morgan fingerprint density at radius 3 is 2.03 bits per heavy atom. The van der Waals surface area contributed by atoms with E-state index >= 15 is 0 Å². The maximum absolute atomic E-state index is 11.9. The van der Waals surface area contributed by atoms with Gasteiger partial charge in [-0.05, 0) is 124 Å². The minimum atomic E-state index is -0.414. The van der Waals surface area contributed by atoms with Crippen molar-refractivity contribution in [3.8, 4) is 0 Å². The first kappa shape index (κ1) is 27.8. The Morgan fingerprint density at radius 2 is 1.40 bits per heavy atom. The van der Waals surface area contributed by atoms with Gasteiger partial charge >= 0.3 is 0 Å². The summed E-state index contributed by atoms with van der Waals surface area (Å²) in [5, 5.41) is 34.6. The lowest BCUT2D eigenvalue weighted by Crippen LogP contribution is -2.70. The van der Waals surface area contributed by atoms with E-state index in [4.69, 9.17) is 4.74 Å². The Kier molecular flexibility index (Phi) is 6.48. The van der Waals surface area contributed by atoms with Crippen LogP contribution >= 0.6 is 0 Å². The largest absolute Gasteiger partial charge is 0.412 e. The van der Waals surface area contributed by atoms with Gasteiger partial charge in [0.05, 0.1) is 29.5 Å². The molecular weight excluding hydrogens is 440 g/mol. The fraction of sp³-hybridized carbons (Fsp3) is 1.00. The SMILES string of the molecule is CC1(C)CCC[C@@](C)([C@H]2CC[C@]3(C)[C@@H]2[C@H](O)C[C@@H]2[C@@]4(C)CC[C@H](O)C(C)(C)[C@@H]4[C@@H](O)C[C@]23C)O1.O. The molecule has 5 aliphatic rings. The fourth-order valence-electron chi connectivity index (χ4n) is 11.5. The van der Waals surface area contributed by atoms with Crippen molar-refractivity contribution in [2.24, 2.45) is 45.3 Å². The molecule has 0 amide bonds. The van der Waals surface area contributed by atoms with Crippen molar-refractivity contribution < 1.29 is 25.5 Å². The van der Waals surface area contributed by atoms with Crippen LogP contribution in [0.3, 0.4) is 0 Å². The van der Waals surface area contributed by atoms with Crippen LogP contribution in [0.1, 0.15) is 113 Å². The normalized spacial score (nSPS) is 56.8. The molecule has 0 spiro atoms. The zero-order valence-corrected chi connectivity index (χ0v) is 23.7. The van der Waals surface area contributed by atoms with Crippen LogP contribution in [0, 0.1) is 45.3 Å². The molecule has 5 heteroatoms. The van der Waals surface area contributed by atoms with E-state index in [0.29, 0.717) is 11.8 Å². The minimum Gasteiger partial charge on any atom is -0.412 e. The second kappa shape index (κ2) is 8.15. The van der Waals surface area contributed by atoms with E-state index in [1.807, 2.05) is 0 Å². The average molecular weight is 495 g/mol. The topological polar surface area (TPSA) is 101 Å². The van der Waals surface area contributed by atoms with E-state index in [2.05, 4.69) is 55.4 Å². The van der Waals surface area contributed by atoms with Gasteiger partial charge in [0.15, 0.2) is 0 Å². The van der Waals surface area contributed by atoms with Crippen molar-refractivity contribution in [1.29, 1.82) is 0 Å². The maximum Gasteiger partial charge on any atom is 0.0693 e. The highest BCUT2D eigenvalue weighted by atomic mass is 16.5. The summed E-state index contributed by atoms with van der Waals surface area (Å²) < 4.78 is 6.83. The Bertz CT molecular complexity index is 826. The predicted molar refractivity (Wildman–Crippen MR) is 139 cm³/mol. The third kappa shape index (κ3) is 3.57. The van der Waals surface area contributed by atoms with Gasteiger partial charge in [0, 0.05) is 0 Å². The molecule has 1 aliphatic heterocycles. The van der Waals surface area contributed by atoms with Crippen molar-refractivity contribution in [1.82, 2.24) is 0 Å². The summed E-state index contributed by atoms with van der Waals surface area (Å²) in [7, 11) is 0. The zero-order valence-electron chi connectivity index (χ0n) is 23.7. The van der Waals surface area contributed by atoms with Crippen LogP contribution in [0.2, 0.25) is 0 Å². The van der Waals surface area contributed by atoms with Gasteiger partial charge < -0.3 is 25.5 Å². The summed E-state index contributed by atoms with van der Waals surface area (Å²) in [4.78, 5) is 0. The molecule has 5 nitrogen and oxygen atoms in total. The Hall–Kier alpha value is -0.200. The van der Waals surface area contributed by atoms with Gasteiger partial charge in [-0.1, -0.05) is 34.6 Å². The second-order valence-electron chi connectivity index (χ2n) is 15.5. The highest BCUT2D eigenvalue weighted by Gasteiger charge is 2.73. The van der Waals surface area contributed by atoms with Crippen LogP contribution in [-0.4, -0.2) is 50.3 Å². The van der Waals surface area contributed by atoms with Crippen molar-refractivity contribution in [3.63, 3.8) is 0 Å². The third-order valence-corrected chi connectivity index (χ3v) is 13.0. The molecule has 0 unspecified atom stereocenters. The van der Waals surface area contributed by atoms with Crippen LogP contribution in [0.5, 0.6) is 0 Å². The van der Waals surface area contributed by atoms with Crippen molar-refractivity contribution in [2.45, 2.75) is 143 Å². The molecule has 5 N–H and O–H groups in total.